The third kappa shape index (κ3) is 7.41. The van der Waals surface area contributed by atoms with Gasteiger partial charge in [0, 0.05) is 50.7 Å². The number of fused-ring (bicyclic) bond motifs is 1. The Bertz CT molecular complexity index is 1570. The van der Waals surface area contributed by atoms with Gasteiger partial charge in [-0.15, -0.1) is 0 Å². The van der Waals surface area contributed by atoms with E-state index in [4.69, 9.17) is 23.7 Å². The SMILES string of the molecule is COCCCN1C(=O)COc2ccc(N(C(=O)C3CNCC[C@@H]3c3cc(O)cc(OCc4cc(OC)cc(OC)c4)c3)C3CC3)cc21. The van der Waals surface area contributed by atoms with Crippen LogP contribution in [0.2, 0.25) is 0 Å². The molecule has 3 aliphatic rings. The summed E-state index contributed by atoms with van der Waals surface area (Å²) < 4.78 is 27.9. The summed E-state index contributed by atoms with van der Waals surface area (Å²) in [6.07, 6.45) is 3.25. The van der Waals surface area contributed by atoms with Crippen molar-refractivity contribution in [3.05, 3.63) is 65.7 Å². The summed E-state index contributed by atoms with van der Waals surface area (Å²) in [5, 5.41) is 14.2. The minimum Gasteiger partial charge on any atom is -0.508 e. The van der Waals surface area contributed by atoms with E-state index in [0.29, 0.717) is 54.8 Å². The van der Waals surface area contributed by atoms with Crippen molar-refractivity contribution in [2.24, 2.45) is 5.92 Å². The second kappa shape index (κ2) is 14.5. The zero-order valence-electron chi connectivity index (χ0n) is 27.2. The number of nitrogens with zero attached hydrogens (tertiary/aromatic N) is 2. The zero-order chi connectivity index (χ0) is 32.9. The molecule has 1 aliphatic carbocycles. The Morgan fingerprint density at radius 2 is 1.79 bits per heavy atom. The number of hydrogen-bond acceptors (Lipinski definition) is 9. The predicted octanol–water partition coefficient (Wildman–Crippen LogP) is 4.64. The van der Waals surface area contributed by atoms with E-state index in [1.54, 1.807) is 44.4 Å². The minimum absolute atomic E-state index is 0.0105. The van der Waals surface area contributed by atoms with E-state index < -0.39 is 0 Å². The van der Waals surface area contributed by atoms with Gasteiger partial charge in [-0.1, -0.05) is 0 Å². The van der Waals surface area contributed by atoms with E-state index in [1.165, 1.54) is 0 Å². The predicted molar refractivity (Wildman–Crippen MR) is 177 cm³/mol. The van der Waals surface area contributed by atoms with Crippen LogP contribution in [-0.2, 0) is 20.9 Å². The number of phenolic OH excluding ortho intramolecular Hbond substituents is 1. The highest BCUT2D eigenvalue weighted by molar-refractivity contribution is 6.01. The summed E-state index contributed by atoms with van der Waals surface area (Å²) in [7, 11) is 4.84. The monoisotopic (exact) mass is 645 g/mol. The molecule has 0 aromatic heterocycles. The number of rotatable bonds is 13. The Labute approximate surface area is 275 Å². The molecule has 47 heavy (non-hydrogen) atoms. The fourth-order valence-electron chi connectivity index (χ4n) is 6.52. The molecule has 0 bridgehead atoms. The van der Waals surface area contributed by atoms with Crippen LogP contribution in [0.1, 0.15) is 42.7 Å². The van der Waals surface area contributed by atoms with Crippen molar-refractivity contribution in [2.75, 3.05) is 64.0 Å². The second-order valence-corrected chi connectivity index (χ2v) is 12.2. The summed E-state index contributed by atoms with van der Waals surface area (Å²) in [5.41, 5.74) is 3.14. The molecule has 3 aromatic rings. The normalized spacial score (nSPS) is 19.0. The van der Waals surface area contributed by atoms with Crippen LogP contribution < -0.4 is 34.1 Å². The van der Waals surface area contributed by atoms with Crippen LogP contribution in [0.4, 0.5) is 11.4 Å². The first-order valence-corrected chi connectivity index (χ1v) is 16.2. The van der Waals surface area contributed by atoms with Crippen LogP contribution in [0.3, 0.4) is 0 Å². The standard InChI is InChI=1S/C36H43N3O8/c1-43-12-4-11-38-33-17-26(7-8-34(33)47-22-35(38)41)39(25-5-6-25)36(42)32-20-37-10-9-31(32)24-15-27(40)18-30(16-24)46-21-23-13-28(44-2)19-29(14-23)45-3/h7-8,13-19,25,31-32,37,40H,4-6,9-12,20-22H2,1-3H3/t31-,32?/m1/s1. The van der Waals surface area contributed by atoms with Gasteiger partial charge in [-0.2, -0.15) is 0 Å². The number of hydrogen-bond donors (Lipinski definition) is 2. The molecule has 11 heteroatoms. The van der Waals surface area contributed by atoms with Crippen molar-refractivity contribution in [1.82, 2.24) is 5.32 Å². The highest BCUT2D eigenvalue weighted by atomic mass is 16.5. The molecule has 2 N–H and O–H groups in total. The second-order valence-electron chi connectivity index (χ2n) is 12.2. The lowest BCUT2D eigenvalue weighted by Gasteiger charge is -2.36. The number of amides is 2. The maximum atomic E-state index is 14.5. The van der Waals surface area contributed by atoms with Gasteiger partial charge in [0.1, 0.15) is 35.4 Å². The fourth-order valence-corrected chi connectivity index (χ4v) is 6.52. The van der Waals surface area contributed by atoms with Gasteiger partial charge in [-0.25, -0.2) is 0 Å². The van der Waals surface area contributed by atoms with Crippen molar-refractivity contribution in [2.45, 2.75) is 44.2 Å². The van der Waals surface area contributed by atoms with E-state index >= 15 is 0 Å². The smallest absolute Gasteiger partial charge is 0.265 e. The average molecular weight is 646 g/mol. The van der Waals surface area contributed by atoms with Gasteiger partial charge in [0.25, 0.3) is 5.91 Å². The van der Waals surface area contributed by atoms with Crippen molar-refractivity contribution < 1.29 is 38.4 Å². The molecule has 1 saturated carbocycles. The number of carbonyl (C=O) groups excluding carboxylic acids is 2. The number of phenols is 1. The number of benzene rings is 3. The van der Waals surface area contributed by atoms with Gasteiger partial charge in [-0.3, -0.25) is 9.59 Å². The molecule has 2 aliphatic heterocycles. The van der Waals surface area contributed by atoms with Crippen LogP contribution in [0.5, 0.6) is 28.7 Å². The maximum absolute atomic E-state index is 14.5. The highest BCUT2D eigenvalue weighted by Gasteiger charge is 2.42. The first-order chi connectivity index (χ1) is 22.9. The molecule has 1 unspecified atom stereocenters. The summed E-state index contributed by atoms with van der Waals surface area (Å²) >= 11 is 0. The van der Waals surface area contributed by atoms with Crippen LogP contribution in [0.15, 0.2) is 54.6 Å². The lowest BCUT2D eigenvalue weighted by Crippen LogP contribution is -2.47. The molecule has 11 nitrogen and oxygen atoms in total. The summed E-state index contributed by atoms with van der Waals surface area (Å²) in [4.78, 5) is 31.0. The summed E-state index contributed by atoms with van der Waals surface area (Å²) in [6, 6.07) is 16.6. The Hall–Kier alpha value is -4.48. The van der Waals surface area contributed by atoms with E-state index in [2.05, 4.69) is 5.32 Å². The Balaban J connectivity index is 1.24. The van der Waals surface area contributed by atoms with Crippen molar-refractivity contribution >= 4 is 23.2 Å². The molecule has 2 atom stereocenters. The molecular weight excluding hydrogens is 602 g/mol. The third-order valence-electron chi connectivity index (χ3n) is 9.00. The average Bonchev–Trinajstić information content (AvgIpc) is 3.93. The van der Waals surface area contributed by atoms with Crippen LogP contribution in [0, 0.1) is 5.92 Å². The zero-order valence-corrected chi connectivity index (χ0v) is 27.2. The Morgan fingerprint density at radius 1 is 1.00 bits per heavy atom. The number of carbonyl (C=O) groups is 2. The minimum atomic E-state index is -0.367. The molecule has 2 heterocycles. The molecule has 250 valence electrons. The molecular formula is C36H43N3O8. The molecule has 2 fully saturated rings. The van der Waals surface area contributed by atoms with Crippen LogP contribution in [0.25, 0.3) is 0 Å². The van der Waals surface area contributed by atoms with Crippen LogP contribution >= 0.6 is 0 Å². The largest absolute Gasteiger partial charge is 0.508 e. The maximum Gasteiger partial charge on any atom is 0.265 e. The number of ether oxygens (including phenoxy) is 5. The molecule has 1 saturated heterocycles. The molecule has 6 rings (SSSR count). The number of anilines is 2. The summed E-state index contributed by atoms with van der Waals surface area (Å²) in [5.74, 6) is 1.95. The van der Waals surface area contributed by atoms with Gasteiger partial charge >= 0.3 is 0 Å². The first kappa shape index (κ1) is 32.5. The van der Waals surface area contributed by atoms with E-state index in [9.17, 15) is 14.7 Å². The lowest BCUT2D eigenvalue weighted by atomic mass is 9.80. The van der Waals surface area contributed by atoms with Gasteiger partial charge in [0.15, 0.2) is 6.61 Å². The van der Waals surface area contributed by atoms with Crippen LogP contribution in [-0.4, -0.2) is 77.1 Å². The Morgan fingerprint density at radius 3 is 2.51 bits per heavy atom. The van der Waals surface area contributed by atoms with Gasteiger partial charge in [0.05, 0.1) is 25.8 Å². The third-order valence-corrected chi connectivity index (χ3v) is 9.00. The van der Waals surface area contributed by atoms with Crippen molar-refractivity contribution in [3.8, 4) is 28.7 Å². The molecule has 2 amide bonds. The van der Waals surface area contributed by atoms with Crippen molar-refractivity contribution in [1.29, 1.82) is 0 Å². The number of nitrogens with one attached hydrogen (secondary N) is 1. The highest BCUT2D eigenvalue weighted by Crippen LogP contribution is 2.42. The van der Waals surface area contributed by atoms with Crippen molar-refractivity contribution in [3.63, 3.8) is 0 Å². The number of methoxy groups -OCH3 is 3. The molecule has 3 aromatic carbocycles. The number of piperidine rings is 1. The van der Waals surface area contributed by atoms with E-state index in [1.807, 2.05) is 41.3 Å². The molecule has 0 spiro atoms. The van der Waals surface area contributed by atoms with Gasteiger partial charge < -0.3 is 43.9 Å². The Kier molecular flexibility index (Phi) is 10.0. The molecule has 0 radical (unpaired) electrons. The summed E-state index contributed by atoms with van der Waals surface area (Å²) in [6.45, 7) is 2.54. The fraction of sp³-hybridized carbons (Fsp3) is 0.444. The van der Waals surface area contributed by atoms with Gasteiger partial charge in [0.2, 0.25) is 5.91 Å². The van der Waals surface area contributed by atoms with Gasteiger partial charge in [-0.05, 0) is 91.7 Å². The quantitative estimate of drug-likeness (QED) is 0.256. The number of aromatic hydroxyl groups is 1. The van der Waals surface area contributed by atoms with E-state index in [-0.39, 0.29) is 48.7 Å². The lowest BCUT2D eigenvalue weighted by molar-refractivity contribution is -0.123. The van der Waals surface area contributed by atoms with E-state index in [0.717, 1.165) is 42.6 Å². The topological polar surface area (TPSA) is 119 Å². The first-order valence-electron chi connectivity index (χ1n) is 16.2.